The molecule has 0 aromatic heterocycles. The predicted molar refractivity (Wildman–Crippen MR) is 145 cm³/mol. The number of methoxy groups -OCH3 is 1. The number of benzene rings is 2. The minimum atomic E-state index is -0.701. The fourth-order valence-electron chi connectivity index (χ4n) is 6.89. The molecule has 2 aliphatic rings. The van der Waals surface area contributed by atoms with Crippen LogP contribution in [0.3, 0.4) is 0 Å². The molecule has 0 heterocycles. The molecule has 6 atom stereocenters. The van der Waals surface area contributed by atoms with Crippen LogP contribution in [0.1, 0.15) is 51.5 Å². The van der Waals surface area contributed by atoms with Crippen LogP contribution in [-0.2, 0) is 16.1 Å². The summed E-state index contributed by atoms with van der Waals surface area (Å²) in [5, 5.41) is 27.4. The molecule has 6 unspecified atom stereocenters. The van der Waals surface area contributed by atoms with Gasteiger partial charge in [0.05, 0.1) is 19.8 Å². The highest BCUT2D eigenvalue weighted by Gasteiger charge is 2.60. The summed E-state index contributed by atoms with van der Waals surface area (Å²) in [5.41, 5.74) is 0.430. The van der Waals surface area contributed by atoms with Gasteiger partial charge in [-0.05, 0) is 61.1 Å². The summed E-state index contributed by atoms with van der Waals surface area (Å²) in [7, 11) is 1.60. The average Bonchev–Trinajstić information content (AvgIpc) is 2.92. The average molecular weight is 525 g/mol. The van der Waals surface area contributed by atoms with E-state index in [1.807, 2.05) is 49.4 Å². The normalized spacial score (nSPS) is 30.6. The van der Waals surface area contributed by atoms with Crippen molar-refractivity contribution in [2.45, 2.75) is 64.7 Å². The number of anilines is 1. The van der Waals surface area contributed by atoms with Crippen molar-refractivity contribution in [2.75, 3.05) is 19.0 Å². The summed E-state index contributed by atoms with van der Waals surface area (Å²) in [4.78, 5) is 25.8. The van der Waals surface area contributed by atoms with Crippen LogP contribution in [0, 0.1) is 22.7 Å². The molecule has 4 rings (SSSR count). The Morgan fingerprint density at radius 1 is 1.03 bits per heavy atom. The van der Waals surface area contributed by atoms with Crippen LogP contribution >= 0.6 is 0 Å². The van der Waals surface area contributed by atoms with Crippen LogP contribution in [-0.4, -0.2) is 48.1 Å². The molecule has 0 radical (unpaired) electrons. The molecule has 0 saturated heterocycles. The third kappa shape index (κ3) is 5.66. The van der Waals surface area contributed by atoms with Gasteiger partial charge < -0.3 is 25.0 Å². The van der Waals surface area contributed by atoms with Crippen LogP contribution < -0.4 is 15.4 Å². The number of hydrogen-bond acceptors (Lipinski definition) is 6. The Hall–Kier alpha value is -3.10. The van der Waals surface area contributed by atoms with E-state index in [0.717, 1.165) is 5.56 Å². The lowest BCUT2D eigenvalue weighted by molar-refractivity contribution is -0.185. The minimum Gasteiger partial charge on any atom is -0.496 e. The maximum absolute atomic E-state index is 13.1. The topological polar surface area (TPSA) is 117 Å². The Kier molecular flexibility index (Phi) is 8.63. The summed E-state index contributed by atoms with van der Waals surface area (Å²) in [6, 6.07) is 16.7. The van der Waals surface area contributed by atoms with Crippen molar-refractivity contribution < 1.29 is 29.3 Å². The van der Waals surface area contributed by atoms with E-state index in [-0.39, 0.29) is 30.8 Å². The van der Waals surface area contributed by atoms with Gasteiger partial charge in [0.25, 0.3) is 0 Å². The largest absolute Gasteiger partial charge is 0.496 e. The Labute approximate surface area is 224 Å². The summed E-state index contributed by atoms with van der Waals surface area (Å²) < 4.78 is 11.3. The zero-order valence-electron chi connectivity index (χ0n) is 22.5. The van der Waals surface area contributed by atoms with Gasteiger partial charge in [0.15, 0.2) is 0 Å². The Morgan fingerprint density at radius 2 is 1.74 bits per heavy atom. The number of aliphatic hydroxyl groups excluding tert-OH is 2. The number of fused-ring (bicyclic) bond motifs is 1. The van der Waals surface area contributed by atoms with Gasteiger partial charge in [-0.25, -0.2) is 4.79 Å². The first kappa shape index (κ1) is 27.9. The lowest BCUT2D eigenvalue weighted by Crippen LogP contribution is -2.61. The molecular formula is C30H40N2O6. The van der Waals surface area contributed by atoms with E-state index < -0.39 is 29.1 Å². The second-order valence-electron chi connectivity index (χ2n) is 11.2. The quantitative estimate of drug-likeness (QED) is 0.404. The highest BCUT2D eigenvalue weighted by Crippen LogP contribution is 2.61. The van der Waals surface area contributed by atoms with Crippen LogP contribution in [0.4, 0.5) is 10.5 Å². The molecular weight excluding hydrogens is 484 g/mol. The van der Waals surface area contributed by atoms with Crippen molar-refractivity contribution in [3.63, 3.8) is 0 Å². The van der Waals surface area contributed by atoms with Crippen molar-refractivity contribution in [1.82, 2.24) is 5.32 Å². The van der Waals surface area contributed by atoms with Gasteiger partial charge in [-0.3, -0.25) is 10.1 Å². The van der Waals surface area contributed by atoms with E-state index in [9.17, 15) is 19.8 Å². The molecule has 0 bridgehead atoms. The molecule has 2 aliphatic carbocycles. The third-order valence-corrected chi connectivity index (χ3v) is 9.02. The van der Waals surface area contributed by atoms with Crippen molar-refractivity contribution in [3.05, 3.63) is 60.2 Å². The number of ether oxygens (including phenoxy) is 2. The van der Waals surface area contributed by atoms with Gasteiger partial charge in [0.1, 0.15) is 11.9 Å². The van der Waals surface area contributed by atoms with Crippen molar-refractivity contribution in [1.29, 1.82) is 0 Å². The fourth-order valence-corrected chi connectivity index (χ4v) is 6.89. The van der Waals surface area contributed by atoms with Crippen molar-refractivity contribution in [2.24, 2.45) is 22.7 Å². The SMILES string of the molecule is COc1ccccc1CNC(=O)CC1C(O)CCC2C(C)(CO)C(OC(=O)Nc3ccccc3)CCC12C. The first-order chi connectivity index (χ1) is 18.2. The van der Waals surface area contributed by atoms with E-state index in [0.29, 0.717) is 43.7 Å². The summed E-state index contributed by atoms with van der Waals surface area (Å²) >= 11 is 0. The van der Waals surface area contributed by atoms with Crippen LogP contribution in [0.5, 0.6) is 5.75 Å². The van der Waals surface area contributed by atoms with E-state index >= 15 is 0 Å². The summed E-state index contributed by atoms with van der Waals surface area (Å²) in [6.07, 6.45) is 0.978. The number of para-hydroxylation sites is 2. The van der Waals surface area contributed by atoms with Crippen molar-refractivity contribution >= 4 is 17.7 Å². The molecule has 0 aliphatic heterocycles. The van der Waals surface area contributed by atoms with Crippen LogP contribution in [0.2, 0.25) is 0 Å². The second kappa shape index (κ2) is 11.7. The number of hydrogen-bond donors (Lipinski definition) is 4. The monoisotopic (exact) mass is 524 g/mol. The van der Waals surface area contributed by atoms with Crippen LogP contribution in [0.15, 0.2) is 54.6 Å². The lowest BCUT2D eigenvalue weighted by atomic mass is 9.46. The predicted octanol–water partition coefficient (Wildman–Crippen LogP) is 4.50. The Balaban J connectivity index is 1.45. The maximum atomic E-state index is 13.1. The van der Waals surface area contributed by atoms with Gasteiger partial charge >= 0.3 is 6.09 Å². The molecule has 2 amide bonds. The van der Waals surface area contributed by atoms with Crippen LogP contribution in [0.25, 0.3) is 0 Å². The summed E-state index contributed by atoms with van der Waals surface area (Å²) in [6.45, 7) is 4.27. The number of amides is 2. The van der Waals surface area contributed by atoms with E-state index in [2.05, 4.69) is 17.6 Å². The molecule has 2 fully saturated rings. The zero-order chi connectivity index (χ0) is 27.3. The maximum Gasteiger partial charge on any atom is 0.411 e. The fraction of sp³-hybridized carbons (Fsp3) is 0.533. The Morgan fingerprint density at radius 3 is 2.45 bits per heavy atom. The molecule has 2 saturated carbocycles. The number of rotatable bonds is 8. The number of carbonyl (C=O) groups is 2. The molecule has 4 N–H and O–H groups in total. The van der Waals surface area contributed by atoms with Gasteiger partial charge in [0.2, 0.25) is 5.91 Å². The van der Waals surface area contributed by atoms with E-state index in [1.54, 1.807) is 19.2 Å². The minimum absolute atomic E-state index is 0.0290. The second-order valence-corrected chi connectivity index (χ2v) is 11.2. The summed E-state index contributed by atoms with van der Waals surface area (Å²) in [5.74, 6) is 0.279. The number of carbonyl (C=O) groups excluding carboxylic acids is 2. The Bertz CT molecular complexity index is 1110. The highest BCUT2D eigenvalue weighted by molar-refractivity contribution is 5.84. The van der Waals surface area contributed by atoms with Gasteiger partial charge in [-0.15, -0.1) is 0 Å². The van der Waals surface area contributed by atoms with Gasteiger partial charge in [-0.2, -0.15) is 0 Å². The number of nitrogens with one attached hydrogen (secondary N) is 2. The first-order valence-corrected chi connectivity index (χ1v) is 13.4. The van der Waals surface area contributed by atoms with Crippen molar-refractivity contribution in [3.8, 4) is 5.75 Å². The molecule has 8 heteroatoms. The molecule has 2 aromatic carbocycles. The molecule has 38 heavy (non-hydrogen) atoms. The smallest absolute Gasteiger partial charge is 0.411 e. The van der Waals surface area contributed by atoms with Gasteiger partial charge in [0, 0.05) is 29.6 Å². The standard InChI is InChI=1S/C30H40N2O6/c1-29-16-15-26(38-28(36)32-21-10-5-4-6-11-21)30(2,19-33)25(29)14-13-23(34)22(29)17-27(35)31-18-20-9-7-8-12-24(20)37-3/h4-12,22-23,25-26,33-34H,13-19H2,1-3H3,(H,31,35)(H,32,36). The zero-order valence-corrected chi connectivity index (χ0v) is 22.5. The highest BCUT2D eigenvalue weighted by atomic mass is 16.6. The third-order valence-electron chi connectivity index (χ3n) is 9.02. The van der Waals surface area contributed by atoms with E-state index in [1.165, 1.54) is 0 Å². The van der Waals surface area contributed by atoms with E-state index in [4.69, 9.17) is 9.47 Å². The van der Waals surface area contributed by atoms with Gasteiger partial charge in [-0.1, -0.05) is 50.2 Å². The lowest BCUT2D eigenvalue weighted by Gasteiger charge is -2.60. The molecule has 206 valence electrons. The first-order valence-electron chi connectivity index (χ1n) is 13.4. The number of aliphatic hydroxyl groups is 2. The molecule has 8 nitrogen and oxygen atoms in total. The molecule has 2 aromatic rings. The molecule has 0 spiro atoms.